The Hall–Kier alpha value is -3.00. The molecule has 0 amide bonds. The molecule has 0 aliphatic heterocycles. The summed E-state index contributed by atoms with van der Waals surface area (Å²) >= 11 is 0. The second-order valence-electron chi connectivity index (χ2n) is 16.7. The van der Waals surface area contributed by atoms with Crippen molar-refractivity contribution in [2.24, 2.45) is 0 Å². The number of unbranched alkanes of at least 4 members (excludes halogenated alkanes) is 3. The van der Waals surface area contributed by atoms with E-state index in [1.54, 1.807) is 20.8 Å². The minimum Gasteiger partial charge on any atom is -0.353 e. The normalized spacial score (nSPS) is 14.9. The molecule has 69 heavy (non-hydrogen) atoms. The number of benzene rings is 3. The quantitative estimate of drug-likeness (QED) is 0.0244. The fourth-order valence-corrected chi connectivity index (χ4v) is 8.86. The fourth-order valence-electron chi connectivity index (χ4n) is 6.72. The summed E-state index contributed by atoms with van der Waals surface area (Å²) in [5, 5.41) is 2.61. The highest BCUT2D eigenvalue weighted by molar-refractivity contribution is 7.42. The van der Waals surface area contributed by atoms with Gasteiger partial charge in [-0.2, -0.15) is 0 Å². The Kier molecular flexibility index (Phi) is 27.9. The van der Waals surface area contributed by atoms with Crippen molar-refractivity contribution in [3.8, 4) is 0 Å². The van der Waals surface area contributed by atoms with Crippen molar-refractivity contribution in [3.05, 3.63) is 121 Å². The van der Waals surface area contributed by atoms with Crippen molar-refractivity contribution in [1.82, 2.24) is 13.7 Å². The van der Waals surface area contributed by atoms with Crippen LogP contribution in [0.1, 0.15) is 136 Å². The van der Waals surface area contributed by atoms with Crippen molar-refractivity contribution in [3.63, 3.8) is 0 Å². The predicted octanol–water partition coefficient (Wildman–Crippen LogP) is 8.70. The fraction of sp³-hybridized carbons (Fsp3) is 0.588. The first-order valence-electron chi connectivity index (χ1n) is 24.6. The van der Waals surface area contributed by atoms with E-state index in [1.165, 1.54) is 0 Å². The van der Waals surface area contributed by atoms with Gasteiger partial charge in [0, 0.05) is 46.2 Å². The number of hydrogen-bond acceptors (Lipinski definition) is 12. The number of rotatable bonds is 36. The average Bonchev–Trinajstić information content (AvgIpc) is 3.33. The number of aromatic nitrogens is 3. The highest BCUT2D eigenvalue weighted by Crippen LogP contribution is 2.24. The van der Waals surface area contributed by atoms with Crippen molar-refractivity contribution in [2.45, 2.75) is 158 Å². The lowest BCUT2D eigenvalue weighted by Crippen LogP contribution is -2.57. The van der Waals surface area contributed by atoms with Crippen LogP contribution in [-0.2, 0) is 61.3 Å². The van der Waals surface area contributed by atoms with Crippen molar-refractivity contribution >= 4 is 42.3 Å². The van der Waals surface area contributed by atoms with E-state index < -0.39 is 35.8 Å². The molecule has 0 N–H and O–H groups in total. The van der Waals surface area contributed by atoms with E-state index in [0.29, 0.717) is 58.9 Å². The highest BCUT2D eigenvalue weighted by Gasteiger charge is 2.26. The first-order valence-corrected chi connectivity index (χ1v) is 27.3. The van der Waals surface area contributed by atoms with Crippen LogP contribution in [0.2, 0.25) is 0 Å². The molecule has 4 rings (SSSR count). The van der Waals surface area contributed by atoms with Crippen molar-refractivity contribution in [1.29, 1.82) is 0 Å². The van der Waals surface area contributed by atoms with Crippen molar-refractivity contribution < 1.29 is 42.0 Å². The second kappa shape index (κ2) is 32.9. The molecular formula is C51H78N3O12P3. The van der Waals surface area contributed by atoms with Crippen LogP contribution in [0.4, 0.5) is 0 Å². The molecule has 15 nitrogen and oxygen atoms in total. The summed E-state index contributed by atoms with van der Waals surface area (Å²) in [6.07, 6.45) is 4.42. The Balaban J connectivity index is 1.46. The lowest BCUT2D eigenvalue weighted by Gasteiger charge is -2.24. The van der Waals surface area contributed by atoms with Gasteiger partial charge in [-0.3, -0.25) is 0 Å². The van der Waals surface area contributed by atoms with Crippen LogP contribution in [0.25, 0.3) is 0 Å². The van der Waals surface area contributed by atoms with Crippen LogP contribution in [-0.4, -0.2) is 72.2 Å². The molecule has 1 heterocycles. The molecule has 18 heteroatoms. The first-order chi connectivity index (χ1) is 33.3. The molecule has 9 unspecified atom stereocenters. The molecule has 0 bridgehead atoms. The molecule has 0 saturated heterocycles. The maximum absolute atomic E-state index is 14.3. The molecule has 9 atom stereocenters. The van der Waals surface area contributed by atoms with E-state index in [9.17, 15) is 14.4 Å². The van der Waals surface area contributed by atoms with Gasteiger partial charge in [0.2, 0.25) is 0 Å². The van der Waals surface area contributed by atoms with Gasteiger partial charge in [-0.25, -0.2) is 28.1 Å². The van der Waals surface area contributed by atoms with Crippen LogP contribution >= 0.6 is 26.4 Å². The Morgan fingerprint density at radius 1 is 0.377 bits per heavy atom. The summed E-state index contributed by atoms with van der Waals surface area (Å²) in [5.41, 5.74) is 0.722. The van der Waals surface area contributed by atoms with E-state index in [2.05, 4.69) is 20.8 Å². The second-order valence-corrected chi connectivity index (χ2v) is 19.8. The van der Waals surface area contributed by atoms with Crippen LogP contribution in [0, 0.1) is 0 Å². The summed E-state index contributed by atoms with van der Waals surface area (Å²) in [6.45, 7) is 20.5. The summed E-state index contributed by atoms with van der Waals surface area (Å²) < 4.78 is 55.9. The number of ether oxygens (including phenoxy) is 6. The largest absolute Gasteiger partial charge is 0.353 e. The van der Waals surface area contributed by atoms with Crippen LogP contribution in [0.3, 0.4) is 0 Å². The topological polar surface area (TPSA) is 149 Å². The molecule has 0 aliphatic carbocycles. The van der Waals surface area contributed by atoms with Gasteiger partial charge < -0.3 is 42.0 Å². The van der Waals surface area contributed by atoms with Gasteiger partial charge in [-0.1, -0.05) is 113 Å². The standard InChI is InChI=1S/C51H78N3O12P3/c1-10-13-31-58-40(7)61-34-28-43-16-22-46(23-17-43)67-64-37(4)52-49(55)53(38(5)65-68-47-24-18-44(19-25-47)29-35-62-41(8)59-32-14-11-2)51(57)54(50(52)56)39(6)66-69-48-26-20-45(21-27-48)30-36-63-42(9)60-33-15-12-3/h16-27,37-42,67-69H,10-15,28-36H2,1-9H3. The number of nitrogens with zero attached hydrogens (tertiary/aromatic N) is 3. The SMILES string of the molecule is CCCCOC(C)OCCc1ccc(POC(C)n2c(=O)n(C(C)OPc3ccc(CCOC(C)OCCCC)cc3)c(=O)n(C(C)OPc3ccc(CCOC(C)OCCCC)cc3)c2=O)cc1. The molecule has 0 fully saturated rings. The minimum atomic E-state index is -1.04. The first kappa shape index (κ1) is 58.6. The van der Waals surface area contributed by atoms with E-state index >= 15 is 0 Å². The number of hydrogen-bond donors (Lipinski definition) is 0. The third-order valence-electron chi connectivity index (χ3n) is 11.0. The van der Waals surface area contributed by atoms with Gasteiger partial charge >= 0.3 is 17.1 Å². The summed E-state index contributed by atoms with van der Waals surface area (Å²) in [7, 11) is -0.604. The Morgan fingerprint density at radius 3 is 0.841 bits per heavy atom. The van der Waals surface area contributed by atoms with Crippen LogP contribution < -0.4 is 33.0 Å². The Labute approximate surface area is 414 Å². The van der Waals surface area contributed by atoms with Crippen LogP contribution in [0.5, 0.6) is 0 Å². The summed E-state index contributed by atoms with van der Waals surface area (Å²) in [4.78, 5) is 42.8. The molecule has 384 valence electrons. The summed E-state index contributed by atoms with van der Waals surface area (Å²) in [5.74, 6) is 0. The maximum atomic E-state index is 14.3. The lowest BCUT2D eigenvalue weighted by atomic mass is 10.2. The zero-order chi connectivity index (χ0) is 50.0. The predicted molar refractivity (Wildman–Crippen MR) is 280 cm³/mol. The van der Waals surface area contributed by atoms with Gasteiger partial charge in [-0.05, 0) is 113 Å². The van der Waals surface area contributed by atoms with E-state index in [-0.39, 0.29) is 45.3 Å². The minimum absolute atomic E-state index is 0.201. The molecule has 0 saturated carbocycles. The average molecular weight is 1020 g/mol. The monoisotopic (exact) mass is 1020 g/mol. The molecular weight excluding hydrogens is 939 g/mol. The highest BCUT2D eigenvalue weighted by atomic mass is 31.1. The summed E-state index contributed by atoms with van der Waals surface area (Å²) in [6, 6.07) is 23.7. The molecule has 0 radical (unpaired) electrons. The zero-order valence-electron chi connectivity index (χ0n) is 42.2. The van der Waals surface area contributed by atoms with Crippen LogP contribution in [0.15, 0.2) is 87.2 Å². The Morgan fingerprint density at radius 2 is 0.609 bits per heavy atom. The molecule has 4 aromatic rings. The Bertz CT molecular complexity index is 1930. The third-order valence-corrected chi connectivity index (χ3v) is 14.1. The van der Waals surface area contributed by atoms with Gasteiger partial charge in [0.05, 0.1) is 19.8 Å². The third kappa shape index (κ3) is 20.9. The zero-order valence-corrected chi connectivity index (χ0v) is 45.2. The van der Waals surface area contributed by atoms with Crippen molar-refractivity contribution in [2.75, 3.05) is 39.6 Å². The molecule has 0 aliphatic rings. The molecule has 3 aromatic carbocycles. The van der Waals surface area contributed by atoms with E-state index in [1.807, 2.05) is 93.6 Å². The molecule has 0 spiro atoms. The van der Waals surface area contributed by atoms with E-state index in [4.69, 9.17) is 42.0 Å². The maximum Gasteiger partial charge on any atom is 0.340 e. The van der Waals surface area contributed by atoms with Gasteiger partial charge in [0.15, 0.2) is 18.9 Å². The smallest absolute Gasteiger partial charge is 0.340 e. The molecule has 1 aromatic heterocycles. The van der Waals surface area contributed by atoms with Gasteiger partial charge in [0.1, 0.15) is 18.7 Å². The van der Waals surface area contributed by atoms with Gasteiger partial charge in [-0.15, -0.1) is 0 Å². The lowest BCUT2D eigenvalue weighted by molar-refractivity contribution is -0.130. The van der Waals surface area contributed by atoms with E-state index in [0.717, 1.165) is 84.8 Å². The van der Waals surface area contributed by atoms with Gasteiger partial charge in [0.25, 0.3) is 0 Å².